The van der Waals surface area contributed by atoms with Gasteiger partial charge in [-0.2, -0.15) is 0 Å². The minimum absolute atomic E-state index is 0.0434. The number of hydrogen-bond acceptors (Lipinski definition) is 21. The van der Waals surface area contributed by atoms with Crippen molar-refractivity contribution in [2.45, 2.75) is 92.1 Å². The van der Waals surface area contributed by atoms with Crippen LogP contribution in [0, 0.1) is 0 Å². The summed E-state index contributed by atoms with van der Waals surface area (Å²) in [7, 11) is 0. The molecule has 306 valence electrons. The zero-order valence-corrected chi connectivity index (χ0v) is 28.2. The molecule has 0 aliphatic carbocycles. The minimum atomic E-state index is -2.08. The van der Waals surface area contributed by atoms with Crippen LogP contribution in [0.4, 0.5) is 0 Å². The molecule has 56 heavy (non-hydrogen) atoms. The van der Waals surface area contributed by atoms with Crippen LogP contribution >= 0.6 is 0 Å². The van der Waals surface area contributed by atoms with Gasteiger partial charge in [-0.1, -0.05) is 0 Å². The number of aliphatic carboxylic acids is 2. The van der Waals surface area contributed by atoms with E-state index >= 15 is 0 Å². The third kappa shape index (κ3) is 7.68. The van der Waals surface area contributed by atoms with Crippen molar-refractivity contribution in [3.05, 3.63) is 46.6 Å². The van der Waals surface area contributed by atoms with Crippen molar-refractivity contribution in [2.24, 2.45) is 0 Å². The number of carbonyl (C=O) groups is 2. The van der Waals surface area contributed by atoms with E-state index in [0.717, 1.165) is 30.3 Å². The number of aromatic hydroxyl groups is 1. The Hall–Kier alpha value is -4.73. The van der Waals surface area contributed by atoms with Crippen molar-refractivity contribution >= 4 is 22.9 Å². The lowest BCUT2D eigenvalue weighted by molar-refractivity contribution is -0.280. The molecule has 23 nitrogen and oxygen atoms in total. The molecule has 3 aromatic rings. The fourth-order valence-corrected chi connectivity index (χ4v) is 6.15. The van der Waals surface area contributed by atoms with Gasteiger partial charge in [0.1, 0.15) is 89.3 Å². The molecule has 0 amide bonds. The molecule has 7 unspecified atom stereocenters. The second-order valence-corrected chi connectivity index (χ2v) is 13.0. The third-order valence-corrected chi connectivity index (χ3v) is 9.22. The molecule has 13 N–H and O–H groups in total. The van der Waals surface area contributed by atoms with Crippen LogP contribution in [-0.2, 0) is 23.8 Å². The Bertz CT molecular complexity index is 1980. The number of aliphatic hydroxyl groups is 10. The first kappa shape index (κ1) is 40.9. The molecule has 0 spiro atoms. The van der Waals surface area contributed by atoms with Crippen molar-refractivity contribution in [3.8, 4) is 34.3 Å². The van der Waals surface area contributed by atoms with E-state index in [4.69, 9.17) is 32.8 Å². The number of carboxylic acid groups (broad SMARTS) is 2. The van der Waals surface area contributed by atoms with E-state index in [-0.39, 0.29) is 28.0 Å². The SMILES string of the molecule is O=C(O)C1O[C@@H](Oc2ccc(-c3cc(=O)c4c(O)cc(O[C@@H]5OC(C(=O)O)[C@@H](O)[C@H](O)C5O)cc4o3)cc2O[C@@H]2OC(CO)[C@@H](O)[C@H](O)C2O)C(O)C(O)[C@@H]1O. The zero-order chi connectivity index (χ0) is 40.9. The normalized spacial score (nSPS) is 36.1. The molecule has 3 aliphatic rings. The Labute approximate surface area is 311 Å². The summed E-state index contributed by atoms with van der Waals surface area (Å²) in [5.74, 6) is -5.69. The average molecular weight is 801 g/mol. The van der Waals surface area contributed by atoms with Crippen LogP contribution in [0.1, 0.15) is 0 Å². The van der Waals surface area contributed by atoms with E-state index < -0.39 is 133 Å². The zero-order valence-electron chi connectivity index (χ0n) is 28.2. The maximum Gasteiger partial charge on any atom is 0.335 e. The van der Waals surface area contributed by atoms with Gasteiger partial charge < -0.3 is 99.2 Å². The smallest absolute Gasteiger partial charge is 0.335 e. The summed E-state index contributed by atoms with van der Waals surface area (Å²) in [5, 5.41) is 131. The van der Waals surface area contributed by atoms with E-state index in [1.807, 2.05) is 0 Å². The molecule has 2 aromatic carbocycles. The first-order valence-corrected chi connectivity index (χ1v) is 16.5. The maximum absolute atomic E-state index is 13.3. The van der Waals surface area contributed by atoms with Gasteiger partial charge in [-0.15, -0.1) is 0 Å². The van der Waals surface area contributed by atoms with Gasteiger partial charge in [-0.25, -0.2) is 9.59 Å². The summed E-state index contributed by atoms with van der Waals surface area (Å²) >= 11 is 0. The number of phenols is 1. The van der Waals surface area contributed by atoms with Gasteiger partial charge in [0, 0.05) is 23.8 Å². The number of phenolic OH excluding ortho intramolecular Hbond substituents is 1. The van der Waals surface area contributed by atoms with Gasteiger partial charge >= 0.3 is 11.9 Å². The van der Waals surface area contributed by atoms with Crippen molar-refractivity contribution in [1.29, 1.82) is 0 Å². The van der Waals surface area contributed by atoms with E-state index in [2.05, 4.69) is 0 Å². The lowest BCUT2D eigenvalue weighted by Gasteiger charge is -2.40. The van der Waals surface area contributed by atoms with Crippen LogP contribution in [0.3, 0.4) is 0 Å². The van der Waals surface area contributed by atoms with Crippen molar-refractivity contribution in [1.82, 2.24) is 0 Å². The summed E-state index contributed by atoms with van der Waals surface area (Å²) in [6.07, 6.45) is -29.2. The van der Waals surface area contributed by atoms with Gasteiger partial charge in [0.15, 0.2) is 29.1 Å². The molecule has 0 saturated carbocycles. The Morgan fingerprint density at radius 2 is 1.12 bits per heavy atom. The summed E-state index contributed by atoms with van der Waals surface area (Å²) < 4.78 is 38.4. The molecule has 1 aromatic heterocycles. The standard InChI is InChI=1S/C33H36O23/c34-7-16-18(37)19(38)24(43)32(54-16)53-14-3-8(1-2-12(14)52-33-26(45)21(40)23(42)28(56-33)30(48)49)13-6-11(36)17-10(35)4-9(5-15(17)51-13)50-31-25(44)20(39)22(41)27(55-31)29(46)47/h1-6,16,18-28,31-35,37-45H,7H2,(H,46,47)(H,48,49)/t16?,18-,19+,20+,21?,22+,23+,24?,25?,26?,27?,28?,31-,32-,33-/m1/s1. The molecule has 3 saturated heterocycles. The van der Waals surface area contributed by atoms with Crippen LogP contribution in [0.15, 0.2) is 45.6 Å². The second kappa shape index (κ2) is 16.0. The van der Waals surface area contributed by atoms with Crippen molar-refractivity contribution < 1.29 is 109 Å². The Balaban J connectivity index is 1.37. The molecular weight excluding hydrogens is 764 g/mol. The molecule has 3 aliphatic heterocycles. The number of aliphatic hydroxyl groups excluding tert-OH is 10. The fourth-order valence-electron chi connectivity index (χ4n) is 6.15. The fraction of sp³-hybridized carbons (Fsp3) is 0.485. The third-order valence-electron chi connectivity index (χ3n) is 9.22. The number of carboxylic acids is 2. The van der Waals surface area contributed by atoms with Gasteiger partial charge in [0.25, 0.3) is 0 Å². The molecule has 23 heteroatoms. The predicted octanol–water partition coefficient (Wildman–Crippen LogP) is -5.11. The molecule has 6 rings (SSSR count). The Morgan fingerprint density at radius 3 is 1.68 bits per heavy atom. The summed E-state index contributed by atoms with van der Waals surface area (Å²) in [5.41, 5.74) is -1.25. The Morgan fingerprint density at radius 1 is 0.607 bits per heavy atom. The summed E-state index contributed by atoms with van der Waals surface area (Å²) in [4.78, 5) is 36.4. The van der Waals surface area contributed by atoms with E-state index in [1.165, 1.54) is 6.07 Å². The quantitative estimate of drug-likeness (QED) is 0.0912. The van der Waals surface area contributed by atoms with Crippen LogP contribution in [0.25, 0.3) is 22.3 Å². The molecule has 0 radical (unpaired) electrons. The Kier molecular flexibility index (Phi) is 11.7. The highest BCUT2D eigenvalue weighted by molar-refractivity contribution is 5.86. The van der Waals surface area contributed by atoms with Gasteiger partial charge in [0.2, 0.25) is 18.9 Å². The molecule has 3 fully saturated rings. The number of ether oxygens (including phenoxy) is 6. The van der Waals surface area contributed by atoms with Crippen LogP contribution in [0.2, 0.25) is 0 Å². The molecule has 15 atom stereocenters. The number of fused-ring (bicyclic) bond motifs is 1. The minimum Gasteiger partial charge on any atom is -0.507 e. The van der Waals surface area contributed by atoms with Crippen molar-refractivity contribution in [2.75, 3.05) is 6.61 Å². The van der Waals surface area contributed by atoms with E-state index in [0.29, 0.717) is 0 Å². The second-order valence-electron chi connectivity index (χ2n) is 13.0. The van der Waals surface area contributed by atoms with Gasteiger partial charge in [-0.05, 0) is 18.2 Å². The van der Waals surface area contributed by atoms with E-state index in [9.17, 15) is 80.8 Å². The van der Waals surface area contributed by atoms with Crippen LogP contribution in [-0.4, -0.2) is 177 Å². The lowest BCUT2D eigenvalue weighted by atomic mass is 9.99. The predicted molar refractivity (Wildman–Crippen MR) is 174 cm³/mol. The van der Waals surface area contributed by atoms with Crippen molar-refractivity contribution in [3.63, 3.8) is 0 Å². The van der Waals surface area contributed by atoms with Gasteiger partial charge in [0.05, 0.1) is 6.61 Å². The van der Waals surface area contributed by atoms with E-state index in [1.54, 1.807) is 0 Å². The first-order chi connectivity index (χ1) is 26.4. The average Bonchev–Trinajstić information content (AvgIpc) is 3.15. The molecule has 4 heterocycles. The maximum atomic E-state index is 13.3. The lowest BCUT2D eigenvalue weighted by Crippen LogP contribution is -2.61. The number of hydrogen-bond donors (Lipinski definition) is 13. The number of rotatable bonds is 10. The molecular formula is C33H36O23. The van der Waals surface area contributed by atoms with Crippen LogP contribution < -0.4 is 19.6 Å². The first-order valence-electron chi connectivity index (χ1n) is 16.5. The van der Waals surface area contributed by atoms with Gasteiger partial charge in [-0.3, -0.25) is 4.79 Å². The largest absolute Gasteiger partial charge is 0.507 e. The highest BCUT2D eigenvalue weighted by Crippen LogP contribution is 2.39. The summed E-state index contributed by atoms with van der Waals surface area (Å²) in [6, 6.07) is 6.25. The highest BCUT2D eigenvalue weighted by Gasteiger charge is 2.50. The number of benzene rings is 2. The monoisotopic (exact) mass is 800 g/mol. The molecule has 0 bridgehead atoms. The summed E-state index contributed by atoms with van der Waals surface area (Å²) in [6.45, 7) is -0.845. The van der Waals surface area contributed by atoms with Crippen LogP contribution in [0.5, 0.6) is 23.0 Å². The highest BCUT2D eigenvalue weighted by atomic mass is 16.7. The topological polar surface area (TPSA) is 383 Å².